The summed E-state index contributed by atoms with van der Waals surface area (Å²) in [6.45, 7) is 7.34. The van der Waals surface area contributed by atoms with E-state index in [-0.39, 0.29) is 77.0 Å². The number of hydrogen-bond donors (Lipinski definition) is 7. The minimum absolute atomic E-state index is 0.0239. The van der Waals surface area contributed by atoms with Crippen LogP contribution in [0.5, 0.6) is 0 Å². The van der Waals surface area contributed by atoms with E-state index in [0.29, 0.717) is 31.1 Å². The molecule has 3 aromatic carbocycles. The zero-order valence-electron chi connectivity index (χ0n) is 36.7. The third-order valence-electron chi connectivity index (χ3n) is 16.3. The van der Waals surface area contributed by atoms with Gasteiger partial charge < -0.3 is 38.3 Å². The zero-order chi connectivity index (χ0) is 43.3. The van der Waals surface area contributed by atoms with Crippen molar-refractivity contribution in [3.63, 3.8) is 0 Å². The number of aliphatic hydroxyl groups excluding tert-OH is 1. The zero-order valence-corrected chi connectivity index (χ0v) is 36.7. The fourth-order valence-corrected chi connectivity index (χ4v) is 13.1. The maximum absolute atomic E-state index is 14.3. The minimum Gasteiger partial charge on any atom is -0.396 e. The highest BCUT2D eigenvalue weighted by Gasteiger charge is 2.66. The molecule has 0 heterocycles. The highest BCUT2D eigenvalue weighted by molar-refractivity contribution is 5.83. The van der Waals surface area contributed by atoms with Gasteiger partial charge in [0.2, 0.25) is 17.7 Å². The van der Waals surface area contributed by atoms with E-state index in [2.05, 4.69) is 36.7 Å². The number of aliphatic hydroxyl groups is 1. The summed E-state index contributed by atoms with van der Waals surface area (Å²) in [4.78, 5) is 42.1. The molecule has 10 nitrogen and oxygen atoms in total. The molecule has 10 heteroatoms. The van der Waals surface area contributed by atoms with Crippen molar-refractivity contribution in [2.45, 2.75) is 134 Å². The molecule has 0 aliphatic heterocycles. The maximum atomic E-state index is 14.3. The van der Waals surface area contributed by atoms with Gasteiger partial charge >= 0.3 is 0 Å². The summed E-state index contributed by atoms with van der Waals surface area (Å²) in [6, 6.07) is 27.5. The van der Waals surface area contributed by atoms with E-state index in [1.54, 1.807) is 0 Å². The van der Waals surface area contributed by atoms with Crippen LogP contribution in [0.4, 0.5) is 0 Å². The van der Waals surface area contributed by atoms with Crippen LogP contribution in [0.15, 0.2) is 91.0 Å². The average Bonchev–Trinajstić information content (AvgIpc) is 3.62. The van der Waals surface area contributed by atoms with Crippen molar-refractivity contribution in [1.82, 2.24) is 16.0 Å². The second-order valence-corrected chi connectivity index (χ2v) is 19.9. The van der Waals surface area contributed by atoms with E-state index in [0.717, 1.165) is 74.5 Å². The monoisotopic (exact) mass is 833 g/mol. The summed E-state index contributed by atoms with van der Waals surface area (Å²) in [5.74, 6) is 1.16. The number of benzene rings is 3. The highest BCUT2D eigenvalue weighted by atomic mass is 16.3. The first-order valence-corrected chi connectivity index (χ1v) is 23.2. The molecule has 3 amide bonds. The second kappa shape index (κ2) is 19.5. The van der Waals surface area contributed by atoms with Crippen LogP contribution in [0.25, 0.3) is 0 Å². The Balaban J connectivity index is 1.18. The Bertz CT molecular complexity index is 1920. The molecule has 10 N–H and O–H groups in total. The van der Waals surface area contributed by atoms with Crippen molar-refractivity contribution in [3.8, 4) is 0 Å². The molecule has 4 fully saturated rings. The van der Waals surface area contributed by atoms with Gasteiger partial charge in [-0.2, -0.15) is 0 Å². The van der Waals surface area contributed by atoms with Crippen LogP contribution < -0.4 is 33.2 Å². The average molecular weight is 833 g/mol. The lowest BCUT2D eigenvalue weighted by Crippen LogP contribution is -2.68. The topological polar surface area (TPSA) is 186 Å². The van der Waals surface area contributed by atoms with Gasteiger partial charge in [0.25, 0.3) is 0 Å². The van der Waals surface area contributed by atoms with Crippen molar-refractivity contribution in [3.05, 3.63) is 108 Å². The molecule has 0 aromatic heterocycles. The highest BCUT2D eigenvalue weighted by Crippen LogP contribution is 2.68. The smallest absolute Gasteiger partial charge is 0.237 e. The SMILES string of the molecule is C[C@H](CCCO)[C@H]1CC[C@H]2C3[C@H](NC(=O)[C@@H](N)Cc4ccccc4)CC4C[C@H](NC(=O)[C@@H](N)Cc5ccccc5)CC[C@]4(C)[C@H]3C[C@H](NC(=O)[C@@H](N)Cc3ccccc3)C12C. The molecule has 4 aliphatic rings. The van der Waals surface area contributed by atoms with Gasteiger partial charge in [0.15, 0.2) is 0 Å². The number of fused-ring (bicyclic) bond motifs is 5. The van der Waals surface area contributed by atoms with Crippen molar-refractivity contribution >= 4 is 17.7 Å². The summed E-state index contributed by atoms with van der Waals surface area (Å²) >= 11 is 0. The molecule has 0 saturated heterocycles. The van der Waals surface area contributed by atoms with E-state index in [9.17, 15) is 19.5 Å². The Kier molecular flexibility index (Phi) is 14.4. The normalized spacial score (nSPS) is 32.5. The van der Waals surface area contributed by atoms with E-state index >= 15 is 0 Å². The van der Waals surface area contributed by atoms with E-state index in [4.69, 9.17) is 17.2 Å². The predicted octanol–water partition coefficient (Wildman–Crippen LogP) is 5.44. The molecule has 0 bridgehead atoms. The van der Waals surface area contributed by atoms with Gasteiger partial charge in [-0.25, -0.2) is 0 Å². The van der Waals surface area contributed by atoms with Gasteiger partial charge in [-0.3, -0.25) is 14.4 Å². The number of amides is 3. The summed E-state index contributed by atoms with van der Waals surface area (Å²) in [5.41, 5.74) is 22.7. The van der Waals surface area contributed by atoms with E-state index < -0.39 is 18.1 Å². The molecular formula is C51H72N6O4. The first kappa shape index (κ1) is 44.9. The lowest BCUT2D eigenvalue weighted by molar-refractivity contribution is -0.154. The van der Waals surface area contributed by atoms with Gasteiger partial charge in [0.1, 0.15) is 0 Å². The van der Waals surface area contributed by atoms with Crippen molar-refractivity contribution < 1.29 is 19.5 Å². The molecule has 0 radical (unpaired) electrons. The van der Waals surface area contributed by atoms with Gasteiger partial charge in [-0.05, 0) is 140 Å². The second-order valence-electron chi connectivity index (χ2n) is 19.9. The number of rotatable bonds is 16. The molecule has 14 atom stereocenters. The van der Waals surface area contributed by atoms with Crippen LogP contribution in [0.2, 0.25) is 0 Å². The first-order valence-electron chi connectivity index (χ1n) is 23.2. The Morgan fingerprint density at radius 2 is 1.18 bits per heavy atom. The fourth-order valence-electron chi connectivity index (χ4n) is 13.1. The summed E-state index contributed by atoms with van der Waals surface area (Å²) in [7, 11) is 0. The number of carbonyl (C=O) groups excluding carboxylic acids is 3. The minimum atomic E-state index is -0.693. The molecule has 7 rings (SSSR count). The third kappa shape index (κ3) is 9.78. The molecule has 0 spiro atoms. The van der Waals surface area contributed by atoms with E-state index in [1.165, 1.54) is 0 Å². The number of carbonyl (C=O) groups is 3. The van der Waals surface area contributed by atoms with Crippen molar-refractivity contribution in [2.75, 3.05) is 6.61 Å². The summed E-state index contributed by atoms with van der Waals surface area (Å²) < 4.78 is 0. The van der Waals surface area contributed by atoms with Gasteiger partial charge in [0.05, 0.1) is 18.1 Å². The molecule has 3 aromatic rings. The van der Waals surface area contributed by atoms with Crippen LogP contribution in [-0.4, -0.2) is 65.7 Å². The molecular weight excluding hydrogens is 761 g/mol. The lowest BCUT2D eigenvalue weighted by atomic mass is 9.42. The molecule has 4 saturated carbocycles. The molecule has 61 heavy (non-hydrogen) atoms. The summed E-state index contributed by atoms with van der Waals surface area (Å²) in [5, 5.41) is 20.4. The largest absolute Gasteiger partial charge is 0.396 e. The quantitative estimate of drug-likeness (QED) is 0.100. The Labute approximate surface area is 364 Å². The molecule has 3 unspecified atom stereocenters. The lowest BCUT2D eigenvalue weighted by Gasteiger charge is -2.65. The third-order valence-corrected chi connectivity index (χ3v) is 16.3. The van der Waals surface area contributed by atoms with Gasteiger partial charge in [-0.1, -0.05) is 112 Å². The number of hydrogen-bond acceptors (Lipinski definition) is 7. The number of nitrogens with one attached hydrogen (secondary N) is 3. The van der Waals surface area contributed by atoms with Crippen LogP contribution in [0, 0.1) is 46.3 Å². The Morgan fingerprint density at radius 3 is 1.70 bits per heavy atom. The predicted molar refractivity (Wildman–Crippen MR) is 242 cm³/mol. The van der Waals surface area contributed by atoms with Crippen LogP contribution in [-0.2, 0) is 33.6 Å². The van der Waals surface area contributed by atoms with Crippen LogP contribution >= 0.6 is 0 Å². The Hall–Kier alpha value is -4.09. The van der Waals surface area contributed by atoms with Crippen LogP contribution in [0.3, 0.4) is 0 Å². The number of nitrogens with two attached hydrogens (primary N) is 3. The Morgan fingerprint density at radius 1 is 0.672 bits per heavy atom. The van der Waals surface area contributed by atoms with Gasteiger partial charge in [0, 0.05) is 24.7 Å². The summed E-state index contributed by atoms with van der Waals surface area (Å²) in [6.07, 6.45) is 9.27. The molecule has 330 valence electrons. The molecule has 4 aliphatic carbocycles. The van der Waals surface area contributed by atoms with Crippen molar-refractivity contribution in [1.29, 1.82) is 0 Å². The van der Waals surface area contributed by atoms with Crippen LogP contribution in [0.1, 0.15) is 95.2 Å². The van der Waals surface area contributed by atoms with Gasteiger partial charge in [-0.15, -0.1) is 0 Å². The maximum Gasteiger partial charge on any atom is 0.237 e. The van der Waals surface area contributed by atoms with Crippen molar-refractivity contribution in [2.24, 2.45) is 63.5 Å². The fraction of sp³-hybridized carbons (Fsp3) is 0.588. The standard InChI is InChI=1S/C51H72N6O4/c1-32(14-13-25-58)38-21-22-39-46-40(31-45(51(38,39)3)57-49(61)43(54)28-35-19-11-6-12-20-35)50(2)24-23-37(55-47(59)41(52)26-33-15-7-4-8-16-33)29-36(50)30-44(46)56-48(60)42(53)27-34-17-9-5-10-18-34/h4-12,15-20,32,36-46,58H,13-14,21-31,52-54H2,1-3H3,(H,55,59)(H,56,60)(H,57,61)/t32-,36?,37-,38-,39+,40+,41+,42+,43+,44-,45+,46?,50+,51?/m1/s1. The first-order chi connectivity index (χ1) is 29.3. The van der Waals surface area contributed by atoms with E-state index in [1.807, 2.05) is 91.0 Å².